The van der Waals surface area contributed by atoms with E-state index in [1.165, 1.54) is 10.8 Å². The maximum atomic E-state index is 12.4. The fraction of sp³-hybridized carbons (Fsp3) is 0.0370. The molecule has 1 N–H and O–H groups in total. The molecule has 1 amide bonds. The number of amides is 1. The fourth-order valence-electron chi connectivity index (χ4n) is 3.71. The van der Waals surface area contributed by atoms with Gasteiger partial charge in [-0.15, -0.1) is 0 Å². The summed E-state index contributed by atoms with van der Waals surface area (Å²) in [5.41, 5.74) is 5.09. The molecule has 4 aromatic carbocycles. The van der Waals surface area contributed by atoms with E-state index in [1.54, 1.807) is 12.3 Å². The molecule has 5 nitrogen and oxygen atoms in total. The number of benzene rings is 4. The number of rotatable bonds is 6. The summed E-state index contributed by atoms with van der Waals surface area (Å²) in [5, 5.41) is 7.29. The monoisotopic (exact) mass is 702 g/mol. The largest absolute Gasteiger partial charge is 0.487 e. The molecule has 0 saturated carbocycles. The highest BCUT2D eigenvalue weighted by molar-refractivity contribution is 14.1. The summed E-state index contributed by atoms with van der Waals surface area (Å²) in [6.45, 7) is 0.452. The maximum absolute atomic E-state index is 12.4. The molecule has 5 rings (SSSR count). The molecule has 0 bridgehead atoms. The predicted octanol–water partition coefficient (Wildman–Crippen LogP) is 8.06. The Morgan fingerprint density at radius 3 is 2.69 bits per heavy atom. The van der Waals surface area contributed by atoms with Gasteiger partial charge in [0.05, 0.1) is 14.3 Å². The van der Waals surface area contributed by atoms with Crippen LogP contribution in [-0.4, -0.2) is 12.1 Å². The van der Waals surface area contributed by atoms with E-state index in [0.717, 1.165) is 34.8 Å². The lowest BCUT2D eigenvalue weighted by molar-refractivity contribution is 0.0929. The zero-order valence-corrected chi connectivity index (χ0v) is 23.4. The lowest BCUT2D eigenvalue weighted by Gasteiger charge is -2.13. The number of hydrogen-bond donors (Lipinski definition) is 1. The minimum absolute atomic E-state index is 0.197. The SMILES string of the molecule is O=C(N/N=C/c1cc(Br)c(OCc2cccc3ccccc23)c(I)c1)c1cc2cc(Br)ccc2o1. The van der Waals surface area contributed by atoms with Gasteiger partial charge in [0.15, 0.2) is 5.76 Å². The average molecular weight is 704 g/mol. The first-order valence-electron chi connectivity index (χ1n) is 10.6. The summed E-state index contributed by atoms with van der Waals surface area (Å²) in [7, 11) is 0. The van der Waals surface area contributed by atoms with Crippen molar-refractivity contribution in [3.63, 3.8) is 0 Å². The van der Waals surface area contributed by atoms with Crippen molar-refractivity contribution in [2.24, 2.45) is 5.10 Å². The van der Waals surface area contributed by atoms with E-state index in [9.17, 15) is 4.79 Å². The van der Waals surface area contributed by atoms with Gasteiger partial charge in [-0.05, 0) is 96.8 Å². The maximum Gasteiger partial charge on any atom is 0.307 e. The average Bonchev–Trinajstić information content (AvgIpc) is 3.27. The standard InChI is InChI=1S/C27H17Br2IN2O3/c28-20-8-9-24-19(12-20)13-25(35-24)27(33)32-31-14-16-10-22(29)26(23(30)11-16)34-15-18-6-3-5-17-4-1-2-7-21(17)18/h1-14H,15H2,(H,32,33)/b31-14+. The molecule has 0 aliphatic heterocycles. The number of ether oxygens (including phenoxy) is 1. The molecule has 0 fully saturated rings. The Bertz CT molecular complexity index is 1570. The van der Waals surface area contributed by atoms with Crippen molar-refractivity contribution in [2.75, 3.05) is 0 Å². The third-order valence-electron chi connectivity index (χ3n) is 5.35. The van der Waals surface area contributed by atoms with Crippen molar-refractivity contribution in [1.82, 2.24) is 5.43 Å². The summed E-state index contributed by atoms with van der Waals surface area (Å²) in [4.78, 5) is 12.4. The highest BCUT2D eigenvalue weighted by atomic mass is 127. The van der Waals surface area contributed by atoms with Crippen molar-refractivity contribution in [1.29, 1.82) is 0 Å². The van der Waals surface area contributed by atoms with Crippen molar-refractivity contribution in [3.05, 3.63) is 108 Å². The normalized spacial score (nSPS) is 11.4. The smallest absolute Gasteiger partial charge is 0.307 e. The van der Waals surface area contributed by atoms with E-state index < -0.39 is 5.91 Å². The van der Waals surface area contributed by atoms with Gasteiger partial charge in [0, 0.05) is 9.86 Å². The Hall–Kier alpha value is -2.69. The lowest BCUT2D eigenvalue weighted by Crippen LogP contribution is -2.16. The van der Waals surface area contributed by atoms with Gasteiger partial charge in [-0.1, -0.05) is 58.4 Å². The van der Waals surface area contributed by atoms with Crippen LogP contribution in [0.5, 0.6) is 5.75 Å². The van der Waals surface area contributed by atoms with Crippen molar-refractivity contribution < 1.29 is 13.9 Å². The van der Waals surface area contributed by atoms with Gasteiger partial charge in [0.25, 0.3) is 0 Å². The first-order chi connectivity index (χ1) is 17.0. The van der Waals surface area contributed by atoms with Crippen molar-refractivity contribution in [3.8, 4) is 5.75 Å². The number of hydrogen-bond acceptors (Lipinski definition) is 4. The van der Waals surface area contributed by atoms with Crippen LogP contribution in [0.3, 0.4) is 0 Å². The van der Waals surface area contributed by atoms with Gasteiger partial charge >= 0.3 is 5.91 Å². The van der Waals surface area contributed by atoms with Crippen LogP contribution in [0.2, 0.25) is 0 Å². The van der Waals surface area contributed by atoms with E-state index in [-0.39, 0.29) is 5.76 Å². The molecule has 174 valence electrons. The number of nitrogens with one attached hydrogen (secondary N) is 1. The van der Waals surface area contributed by atoms with E-state index in [0.29, 0.717) is 12.2 Å². The second-order valence-electron chi connectivity index (χ2n) is 7.73. The fourth-order valence-corrected chi connectivity index (χ4v) is 5.85. The van der Waals surface area contributed by atoms with Gasteiger partial charge in [0.2, 0.25) is 0 Å². The van der Waals surface area contributed by atoms with Gasteiger partial charge < -0.3 is 9.15 Å². The molecule has 0 atom stereocenters. The Morgan fingerprint density at radius 2 is 1.83 bits per heavy atom. The minimum atomic E-state index is -0.419. The van der Waals surface area contributed by atoms with Crippen molar-refractivity contribution >= 4 is 88.3 Å². The Kier molecular flexibility index (Phi) is 7.22. The Balaban J connectivity index is 1.26. The third-order valence-corrected chi connectivity index (χ3v) is 7.24. The minimum Gasteiger partial charge on any atom is -0.487 e. The number of fused-ring (bicyclic) bond motifs is 2. The van der Waals surface area contributed by atoms with Gasteiger partial charge in [0.1, 0.15) is 17.9 Å². The number of carbonyl (C=O) groups is 1. The van der Waals surface area contributed by atoms with Crippen LogP contribution in [0.1, 0.15) is 21.7 Å². The summed E-state index contributed by atoms with van der Waals surface area (Å²) in [5.74, 6) is 0.536. The molecule has 0 spiro atoms. The second kappa shape index (κ2) is 10.5. The molecule has 35 heavy (non-hydrogen) atoms. The molecule has 0 unspecified atom stereocenters. The number of hydrazone groups is 1. The highest BCUT2D eigenvalue weighted by Gasteiger charge is 2.13. The van der Waals surface area contributed by atoms with Crippen LogP contribution in [-0.2, 0) is 6.61 Å². The van der Waals surface area contributed by atoms with Crippen LogP contribution in [0.25, 0.3) is 21.7 Å². The van der Waals surface area contributed by atoms with E-state index in [4.69, 9.17) is 9.15 Å². The van der Waals surface area contributed by atoms with E-state index in [1.807, 2.05) is 48.5 Å². The Labute approximate surface area is 231 Å². The summed E-state index contributed by atoms with van der Waals surface area (Å²) < 4.78 is 14.4. The number of nitrogens with zero attached hydrogens (tertiary/aromatic N) is 1. The molecule has 0 radical (unpaired) electrons. The number of halogens is 3. The van der Waals surface area contributed by atoms with Crippen molar-refractivity contribution in [2.45, 2.75) is 6.61 Å². The summed E-state index contributed by atoms with van der Waals surface area (Å²) in [6.07, 6.45) is 1.58. The molecule has 0 saturated heterocycles. The number of carbonyl (C=O) groups excluding carboxylic acids is 1. The predicted molar refractivity (Wildman–Crippen MR) is 154 cm³/mol. The molecule has 1 heterocycles. The highest BCUT2D eigenvalue weighted by Crippen LogP contribution is 2.33. The summed E-state index contributed by atoms with van der Waals surface area (Å²) in [6, 6.07) is 25.6. The van der Waals surface area contributed by atoms with Gasteiger partial charge in [-0.25, -0.2) is 5.43 Å². The number of furan rings is 1. The topological polar surface area (TPSA) is 63.8 Å². The van der Waals surface area contributed by atoms with Crippen LogP contribution in [0.4, 0.5) is 0 Å². The molecular formula is C27H17Br2IN2O3. The first-order valence-corrected chi connectivity index (χ1v) is 13.3. The van der Waals surface area contributed by atoms with Crippen LogP contribution in [0, 0.1) is 3.57 Å². The van der Waals surface area contributed by atoms with E-state index in [2.05, 4.69) is 89.2 Å². The molecular weight excluding hydrogens is 687 g/mol. The molecule has 5 aromatic rings. The zero-order valence-electron chi connectivity index (χ0n) is 18.1. The quantitative estimate of drug-likeness (QED) is 0.111. The van der Waals surface area contributed by atoms with E-state index >= 15 is 0 Å². The van der Waals surface area contributed by atoms with Crippen LogP contribution < -0.4 is 10.2 Å². The Morgan fingerprint density at radius 1 is 1.00 bits per heavy atom. The molecule has 0 aliphatic carbocycles. The second-order valence-corrected chi connectivity index (χ2v) is 10.7. The first kappa shape index (κ1) is 24.0. The van der Waals surface area contributed by atoms with Gasteiger partial charge in [-0.2, -0.15) is 5.10 Å². The van der Waals surface area contributed by atoms with Crippen LogP contribution >= 0.6 is 54.5 Å². The summed E-state index contributed by atoms with van der Waals surface area (Å²) >= 11 is 9.26. The van der Waals surface area contributed by atoms with Gasteiger partial charge in [-0.3, -0.25) is 4.79 Å². The zero-order chi connectivity index (χ0) is 24.4. The molecule has 8 heteroatoms. The molecule has 0 aliphatic rings. The van der Waals surface area contributed by atoms with Crippen LogP contribution in [0.15, 0.2) is 97.3 Å². The molecule has 1 aromatic heterocycles. The lowest BCUT2D eigenvalue weighted by atomic mass is 10.1. The third kappa shape index (κ3) is 5.44.